The summed E-state index contributed by atoms with van der Waals surface area (Å²) in [7, 11) is 3.25. The van der Waals surface area contributed by atoms with Gasteiger partial charge in [0.05, 0.1) is 31.6 Å². The van der Waals surface area contributed by atoms with Gasteiger partial charge in [-0.05, 0) is 37.1 Å². The van der Waals surface area contributed by atoms with Crippen molar-refractivity contribution in [2.45, 2.75) is 25.4 Å². The average molecular weight is 394 g/mol. The number of fused-ring (bicyclic) bond motifs is 1. The highest BCUT2D eigenvalue weighted by Gasteiger charge is 2.24. The number of likely N-dealkylation sites (tertiary alicyclic amines) is 1. The third-order valence-electron chi connectivity index (χ3n) is 5.36. The number of amides is 1. The molecule has 0 aliphatic carbocycles. The van der Waals surface area contributed by atoms with Gasteiger partial charge in [0, 0.05) is 30.9 Å². The molecule has 1 aromatic heterocycles. The number of methoxy groups -OCH3 is 2. The van der Waals surface area contributed by atoms with E-state index in [4.69, 9.17) is 9.47 Å². The van der Waals surface area contributed by atoms with E-state index in [0.717, 1.165) is 36.1 Å². The van der Waals surface area contributed by atoms with Gasteiger partial charge in [-0.1, -0.05) is 12.1 Å². The number of carbonyl (C=O) groups excluding carboxylic acids is 1. The van der Waals surface area contributed by atoms with Gasteiger partial charge in [0.2, 0.25) is 5.91 Å². The first-order valence-electron chi connectivity index (χ1n) is 9.84. The van der Waals surface area contributed by atoms with Crippen molar-refractivity contribution in [2.75, 3.05) is 32.6 Å². The Morgan fingerprint density at radius 3 is 2.83 bits per heavy atom. The molecule has 1 saturated heterocycles. The van der Waals surface area contributed by atoms with Crippen molar-refractivity contribution >= 4 is 22.6 Å². The van der Waals surface area contributed by atoms with Gasteiger partial charge in [-0.3, -0.25) is 4.79 Å². The summed E-state index contributed by atoms with van der Waals surface area (Å²) < 4.78 is 12.6. The Morgan fingerprint density at radius 2 is 2.00 bits per heavy atom. The molecule has 0 saturated carbocycles. The van der Waals surface area contributed by atoms with Crippen molar-refractivity contribution < 1.29 is 14.3 Å². The fraction of sp³-hybridized carbons (Fsp3) is 0.364. The molecular weight excluding hydrogens is 368 g/mol. The highest BCUT2D eigenvalue weighted by molar-refractivity contribution is 5.80. The van der Waals surface area contributed by atoms with Crippen molar-refractivity contribution in [3.63, 3.8) is 0 Å². The molecule has 1 N–H and O–H groups in total. The summed E-state index contributed by atoms with van der Waals surface area (Å²) in [5.41, 5.74) is 2.85. The first-order valence-corrected chi connectivity index (χ1v) is 9.84. The molecule has 7 nitrogen and oxygen atoms in total. The van der Waals surface area contributed by atoms with Crippen LogP contribution in [0.3, 0.4) is 0 Å². The molecule has 152 valence electrons. The largest absolute Gasteiger partial charge is 0.493 e. The maximum absolute atomic E-state index is 12.9. The van der Waals surface area contributed by atoms with Gasteiger partial charge in [-0.25, -0.2) is 4.98 Å². The molecule has 29 heavy (non-hydrogen) atoms. The Hall–Kier alpha value is -3.22. The quantitative estimate of drug-likeness (QED) is 0.696. The zero-order valence-corrected chi connectivity index (χ0v) is 16.8. The summed E-state index contributed by atoms with van der Waals surface area (Å²) >= 11 is 0. The van der Waals surface area contributed by atoms with Crippen LogP contribution in [0.25, 0.3) is 11.0 Å². The molecule has 1 fully saturated rings. The van der Waals surface area contributed by atoms with E-state index in [0.29, 0.717) is 24.6 Å². The normalized spacial score (nSPS) is 16.6. The molecular formula is C22H26N4O3. The zero-order valence-electron chi connectivity index (χ0n) is 16.8. The van der Waals surface area contributed by atoms with Crippen molar-refractivity contribution in [3.05, 3.63) is 48.8 Å². The van der Waals surface area contributed by atoms with E-state index in [2.05, 4.69) is 10.3 Å². The monoisotopic (exact) mass is 394 g/mol. The van der Waals surface area contributed by atoms with E-state index in [-0.39, 0.29) is 11.9 Å². The smallest absolute Gasteiger partial charge is 0.242 e. The molecule has 4 rings (SSSR count). The van der Waals surface area contributed by atoms with E-state index in [1.54, 1.807) is 20.5 Å². The summed E-state index contributed by atoms with van der Waals surface area (Å²) in [6, 6.07) is 13.9. The number of rotatable bonds is 6. The topological polar surface area (TPSA) is 68.6 Å². The standard InChI is InChI=1S/C22H26N4O3/c1-28-20-10-9-16(12-21(20)29-2)24-17-6-5-11-25(13-17)22(27)14-26-15-23-18-7-3-4-8-19(18)26/h3-4,7-10,12,15,17,24H,5-6,11,13-14H2,1-2H3. The minimum atomic E-state index is 0.118. The van der Waals surface area contributed by atoms with Crippen molar-refractivity contribution in [3.8, 4) is 11.5 Å². The fourth-order valence-electron chi connectivity index (χ4n) is 3.87. The summed E-state index contributed by atoms with van der Waals surface area (Å²) in [5.74, 6) is 1.51. The molecule has 0 bridgehead atoms. The number of ether oxygens (including phenoxy) is 2. The lowest BCUT2D eigenvalue weighted by atomic mass is 10.0. The maximum Gasteiger partial charge on any atom is 0.242 e. The van der Waals surface area contributed by atoms with Crippen molar-refractivity contribution in [1.29, 1.82) is 0 Å². The Labute approximate surface area is 170 Å². The number of nitrogens with one attached hydrogen (secondary N) is 1. The van der Waals surface area contributed by atoms with Gasteiger partial charge in [0.25, 0.3) is 0 Å². The Kier molecular flexibility index (Phi) is 5.55. The first kappa shape index (κ1) is 19.1. The second-order valence-corrected chi connectivity index (χ2v) is 7.25. The number of hydrogen-bond donors (Lipinski definition) is 1. The van der Waals surface area contributed by atoms with Gasteiger partial charge < -0.3 is 24.3 Å². The average Bonchev–Trinajstić information content (AvgIpc) is 3.16. The van der Waals surface area contributed by atoms with Crippen LogP contribution in [-0.4, -0.2) is 53.7 Å². The minimum absolute atomic E-state index is 0.118. The maximum atomic E-state index is 12.9. The van der Waals surface area contributed by atoms with Gasteiger partial charge in [0.1, 0.15) is 6.54 Å². The number of benzene rings is 2. The van der Waals surface area contributed by atoms with Crippen LogP contribution in [0.4, 0.5) is 5.69 Å². The van der Waals surface area contributed by atoms with Gasteiger partial charge in [-0.2, -0.15) is 0 Å². The molecule has 1 aliphatic heterocycles. The van der Waals surface area contributed by atoms with E-state index in [1.165, 1.54) is 0 Å². The molecule has 1 aliphatic rings. The van der Waals surface area contributed by atoms with Gasteiger partial charge in [-0.15, -0.1) is 0 Å². The zero-order chi connectivity index (χ0) is 20.2. The van der Waals surface area contributed by atoms with Crippen LogP contribution in [0.15, 0.2) is 48.8 Å². The van der Waals surface area contributed by atoms with Crippen LogP contribution in [0.2, 0.25) is 0 Å². The first-order chi connectivity index (χ1) is 14.2. The number of para-hydroxylation sites is 2. The van der Waals surface area contributed by atoms with Crippen LogP contribution in [0, 0.1) is 0 Å². The molecule has 3 aromatic rings. The van der Waals surface area contributed by atoms with Crippen LogP contribution in [0.1, 0.15) is 12.8 Å². The van der Waals surface area contributed by atoms with E-state index in [1.807, 2.05) is 51.9 Å². The second kappa shape index (κ2) is 8.43. The number of hydrogen-bond acceptors (Lipinski definition) is 5. The van der Waals surface area contributed by atoms with Crippen molar-refractivity contribution in [1.82, 2.24) is 14.5 Å². The fourth-order valence-corrected chi connectivity index (χ4v) is 3.87. The predicted molar refractivity (Wildman–Crippen MR) is 113 cm³/mol. The lowest BCUT2D eigenvalue weighted by Crippen LogP contribution is -2.46. The van der Waals surface area contributed by atoms with Crippen molar-refractivity contribution in [2.24, 2.45) is 0 Å². The number of imidazole rings is 1. The number of aromatic nitrogens is 2. The van der Waals surface area contributed by atoms with Crippen LogP contribution in [0.5, 0.6) is 11.5 Å². The van der Waals surface area contributed by atoms with E-state index < -0.39 is 0 Å². The summed E-state index contributed by atoms with van der Waals surface area (Å²) in [6.45, 7) is 1.78. The third-order valence-corrected chi connectivity index (χ3v) is 5.36. The second-order valence-electron chi connectivity index (χ2n) is 7.25. The summed E-state index contributed by atoms with van der Waals surface area (Å²) in [5, 5.41) is 3.53. The third kappa shape index (κ3) is 4.13. The molecule has 7 heteroatoms. The van der Waals surface area contributed by atoms with Crippen LogP contribution in [-0.2, 0) is 11.3 Å². The number of anilines is 1. The lowest BCUT2D eigenvalue weighted by Gasteiger charge is -2.34. The predicted octanol–water partition coefficient (Wildman–Crippen LogP) is 3.16. The van der Waals surface area contributed by atoms with Gasteiger partial charge in [0.15, 0.2) is 11.5 Å². The molecule has 1 unspecified atom stereocenters. The highest BCUT2D eigenvalue weighted by atomic mass is 16.5. The van der Waals surface area contributed by atoms with Crippen LogP contribution < -0.4 is 14.8 Å². The molecule has 1 amide bonds. The molecule has 2 aromatic carbocycles. The Balaban J connectivity index is 1.41. The summed E-state index contributed by atoms with van der Waals surface area (Å²) in [4.78, 5) is 19.2. The molecule has 0 spiro atoms. The van der Waals surface area contributed by atoms with Crippen LogP contribution >= 0.6 is 0 Å². The molecule has 1 atom stereocenters. The van der Waals surface area contributed by atoms with E-state index in [9.17, 15) is 4.79 Å². The Bertz CT molecular complexity index is 1000. The SMILES string of the molecule is COc1ccc(NC2CCCN(C(=O)Cn3cnc4ccccc43)C2)cc1OC. The molecule has 2 heterocycles. The highest BCUT2D eigenvalue weighted by Crippen LogP contribution is 2.30. The minimum Gasteiger partial charge on any atom is -0.493 e. The molecule has 0 radical (unpaired) electrons. The Morgan fingerprint density at radius 1 is 1.17 bits per heavy atom. The summed E-state index contributed by atoms with van der Waals surface area (Å²) in [6.07, 6.45) is 3.74. The van der Waals surface area contributed by atoms with E-state index >= 15 is 0 Å². The van der Waals surface area contributed by atoms with Gasteiger partial charge >= 0.3 is 0 Å². The number of carbonyl (C=O) groups is 1. The lowest BCUT2D eigenvalue weighted by molar-refractivity contribution is -0.132. The number of piperidine rings is 1. The number of nitrogens with zero attached hydrogens (tertiary/aromatic N) is 3.